The van der Waals surface area contributed by atoms with E-state index in [-0.39, 0.29) is 11.9 Å². The number of piperidine rings is 1. The van der Waals surface area contributed by atoms with Gasteiger partial charge in [0.1, 0.15) is 0 Å². The summed E-state index contributed by atoms with van der Waals surface area (Å²) in [6, 6.07) is 8.45. The van der Waals surface area contributed by atoms with Gasteiger partial charge in [-0.2, -0.15) is 0 Å². The summed E-state index contributed by atoms with van der Waals surface area (Å²) in [5, 5.41) is 0. The first-order chi connectivity index (χ1) is 16.5. The number of nitrogens with zero attached hydrogens (tertiary/aromatic N) is 2. The molecule has 1 aromatic rings. The lowest BCUT2D eigenvalue weighted by atomic mass is 10.0. The second-order valence-corrected chi connectivity index (χ2v) is 10.1. The molecule has 0 aliphatic carbocycles. The average Bonchev–Trinajstić information content (AvgIpc) is 2.84. The topological polar surface area (TPSA) is 49.6 Å². The maximum Gasteiger partial charge on any atom is 0.254 e. The van der Waals surface area contributed by atoms with Crippen LogP contribution in [0.25, 0.3) is 6.08 Å². The van der Waals surface area contributed by atoms with Crippen molar-refractivity contribution in [3.05, 3.63) is 88.4 Å². The minimum atomic E-state index is 0.0381. The van der Waals surface area contributed by atoms with Gasteiger partial charge in [-0.05, 0) is 80.9 Å². The molecule has 0 saturated carbocycles. The van der Waals surface area contributed by atoms with Crippen LogP contribution in [0.3, 0.4) is 0 Å². The van der Waals surface area contributed by atoms with Crippen molar-refractivity contribution in [1.82, 2.24) is 9.80 Å². The van der Waals surface area contributed by atoms with Crippen molar-refractivity contribution in [1.29, 1.82) is 0 Å². The highest BCUT2D eigenvalue weighted by Crippen LogP contribution is 2.27. The molecule has 4 nitrogen and oxygen atoms in total. The van der Waals surface area contributed by atoms with E-state index in [0.29, 0.717) is 12.1 Å². The molecule has 1 aromatic carbocycles. The van der Waals surface area contributed by atoms with Crippen molar-refractivity contribution in [2.75, 3.05) is 13.1 Å². The van der Waals surface area contributed by atoms with Gasteiger partial charge in [0.05, 0.1) is 0 Å². The Bertz CT molecular complexity index is 1030. The normalized spacial score (nSPS) is 19.2. The van der Waals surface area contributed by atoms with E-state index in [1.807, 2.05) is 28.2 Å². The second kappa shape index (κ2) is 13.3. The fraction of sp³-hybridized carbons (Fsp3) is 0.452. The smallest absolute Gasteiger partial charge is 0.254 e. The zero-order valence-electron chi connectivity index (χ0n) is 22.9. The Hall–Kier alpha value is -2.85. The minimum absolute atomic E-state index is 0.0381. The molecule has 4 heteroatoms. The number of benzene rings is 1. The highest BCUT2D eigenvalue weighted by molar-refractivity contribution is 5.97. The number of allylic oxidation sites excluding steroid dienone is 4. The Balaban J connectivity index is 0.000000784. The summed E-state index contributed by atoms with van der Waals surface area (Å²) in [5.41, 5.74) is 13.5. The maximum atomic E-state index is 12.9. The molecule has 190 valence electrons. The molecular formula is C31H45N3O. The molecule has 1 saturated heterocycles. The highest BCUT2D eigenvalue weighted by atomic mass is 16.2. The van der Waals surface area contributed by atoms with E-state index in [1.165, 1.54) is 28.7 Å². The molecule has 1 atom stereocenters. The number of likely N-dealkylation sites (tertiary alicyclic amines) is 1. The molecule has 1 amide bonds. The zero-order valence-corrected chi connectivity index (χ0v) is 22.9. The molecule has 3 rings (SSSR count). The lowest BCUT2D eigenvalue weighted by Gasteiger charge is -2.32. The van der Waals surface area contributed by atoms with Gasteiger partial charge in [0.15, 0.2) is 0 Å². The summed E-state index contributed by atoms with van der Waals surface area (Å²) in [7, 11) is 0. The Labute approximate surface area is 213 Å². The van der Waals surface area contributed by atoms with E-state index < -0.39 is 0 Å². The number of hydrogen-bond acceptors (Lipinski definition) is 3. The van der Waals surface area contributed by atoms with Crippen molar-refractivity contribution < 1.29 is 4.79 Å². The zero-order chi connectivity index (χ0) is 26.1. The van der Waals surface area contributed by atoms with Crippen LogP contribution in [-0.2, 0) is 4.79 Å². The van der Waals surface area contributed by atoms with Crippen LogP contribution in [0.4, 0.5) is 0 Å². The van der Waals surface area contributed by atoms with E-state index in [1.54, 1.807) is 0 Å². The van der Waals surface area contributed by atoms with Crippen molar-refractivity contribution >= 4 is 12.0 Å². The Morgan fingerprint density at radius 3 is 2.46 bits per heavy atom. The second-order valence-electron chi connectivity index (χ2n) is 10.1. The molecule has 0 spiro atoms. The van der Waals surface area contributed by atoms with Gasteiger partial charge in [-0.3, -0.25) is 4.79 Å². The molecule has 0 aromatic heterocycles. The van der Waals surface area contributed by atoms with E-state index in [9.17, 15) is 4.79 Å². The molecule has 1 unspecified atom stereocenters. The molecular weight excluding hydrogens is 430 g/mol. The van der Waals surface area contributed by atoms with Gasteiger partial charge >= 0.3 is 0 Å². The number of carbonyl (C=O) groups excluding carboxylic acids is 1. The number of aryl methyl sites for hydroxylation is 1. The van der Waals surface area contributed by atoms with Gasteiger partial charge in [-0.1, -0.05) is 64.1 Å². The Morgan fingerprint density at radius 1 is 1.23 bits per heavy atom. The van der Waals surface area contributed by atoms with Crippen LogP contribution in [-0.4, -0.2) is 34.8 Å². The number of rotatable bonds is 5. The number of carbonyl (C=O) groups is 1. The van der Waals surface area contributed by atoms with Gasteiger partial charge in [0.2, 0.25) is 0 Å². The Kier molecular flexibility index (Phi) is 10.8. The van der Waals surface area contributed by atoms with Crippen LogP contribution >= 0.6 is 0 Å². The first-order valence-corrected chi connectivity index (χ1v) is 12.9. The third-order valence-corrected chi connectivity index (χ3v) is 6.90. The van der Waals surface area contributed by atoms with Crippen LogP contribution in [0.15, 0.2) is 77.3 Å². The van der Waals surface area contributed by atoms with Crippen molar-refractivity contribution in [2.45, 2.75) is 73.8 Å². The highest BCUT2D eigenvalue weighted by Gasteiger charge is 2.25. The third kappa shape index (κ3) is 8.10. The van der Waals surface area contributed by atoms with Crippen LogP contribution in [0.5, 0.6) is 0 Å². The van der Waals surface area contributed by atoms with Gasteiger partial charge in [0, 0.05) is 42.3 Å². The van der Waals surface area contributed by atoms with Crippen molar-refractivity contribution in [3.63, 3.8) is 0 Å². The molecule has 1 fully saturated rings. The van der Waals surface area contributed by atoms with Crippen LogP contribution in [0.1, 0.15) is 71.9 Å². The summed E-state index contributed by atoms with van der Waals surface area (Å²) in [6.07, 6.45) is 11.2. The monoisotopic (exact) mass is 475 g/mol. The van der Waals surface area contributed by atoms with Gasteiger partial charge in [0.25, 0.3) is 5.91 Å². The molecule has 0 bridgehead atoms. The predicted molar refractivity (Wildman–Crippen MR) is 150 cm³/mol. The molecule has 2 heterocycles. The maximum absolute atomic E-state index is 12.9. The van der Waals surface area contributed by atoms with Crippen LogP contribution in [0, 0.1) is 12.8 Å². The quantitative estimate of drug-likeness (QED) is 0.468. The summed E-state index contributed by atoms with van der Waals surface area (Å²) < 4.78 is 0. The van der Waals surface area contributed by atoms with E-state index in [2.05, 4.69) is 85.4 Å². The number of hydrogen-bond donors (Lipinski definition) is 1. The third-order valence-electron chi connectivity index (χ3n) is 6.90. The summed E-state index contributed by atoms with van der Waals surface area (Å²) >= 11 is 0. The first-order valence-electron chi connectivity index (χ1n) is 12.9. The van der Waals surface area contributed by atoms with Gasteiger partial charge in [-0.25, -0.2) is 0 Å². The van der Waals surface area contributed by atoms with Gasteiger partial charge in [-0.15, -0.1) is 0 Å². The largest absolute Gasteiger partial charge is 0.337 e. The van der Waals surface area contributed by atoms with Crippen molar-refractivity contribution in [3.8, 4) is 0 Å². The average molecular weight is 476 g/mol. The van der Waals surface area contributed by atoms with E-state index in [4.69, 9.17) is 5.73 Å². The fourth-order valence-corrected chi connectivity index (χ4v) is 3.94. The lowest BCUT2D eigenvalue weighted by molar-refractivity contribution is -0.127. The summed E-state index contributed by atoms with van der Waals surface area (Å²) in [6.45, 7) is 20.7. The van der Waals surface area contributed by atoms with E-state index >= 15 is 0 Å². The Morgan fingerprint density at radius 2 is 1.89 bits per heavy atom. The number of nitrogens with two attached hydrogens (primary N) is 1. The molecule has 0 radical (unpaired) electrons. The van der Waals surface area contributed by atoms with Crippen LogP contribution in [0.2, 0.25) is 0 Å². The summed E-state index contributed by atoms with van der Waals surface area (Å²) in [5.74, 6) is 0.922. The molecule has 35 heavy (non-hydrogen) atoms. The standard InChI is InChI=1S/C26H33N3O.C5H12/c1-18-9-6-7-10-23(18)15-19(2)21(4)22(5)29-14-12-24(16-20(29)3)26(30)28-13-8-11-25(27)17-28;1-4-5(2)3/h6-7,9-10,12,14-16,25H,3,8,11,13,17,27H2,1-2,4-5H3;5H,4H2,1-3H3/b19-15+,22-21+;. The predicted octanol–water partition coefficient (Wildman–Crippen LogP) is 6.96. The van der Waals surface area contributed by atoms with Gasteiger partial charge < -0.3 is 15.5 Å². The summed E-state index contributed by atoms with van der Waals surface area (Å²) in [4.78, 5) is 16.8. The van der Waals surface area contributed by atoms with Crippen LogP contribution < -0.4 is 5.73 Å². The number of amides is 1. The molecule has 2 aliphatic rings. The minimum Gasteiger partial charge on any atom is -0.337 e. The fourth-order valence-electron chi connectivity index (χ4n) is 3.94. The van der Waals surface area contributed by atoms with E-state index in [0.717, 1.165) is 36.7 Å². The molecule has 2 aliphatic heterocycles. The van der Waals surface area contributed by atoms with Crippen molar-refractivity contribution in [2.24, 2.45) is 11.7 Å². The molecule has 2 N–H and O–H groups in total. The SMILES string of the molecule is C=C1C=C(C(=O)N2CCCC(N)C2)C=CN1/C(C)=C(C)/C(C)=C/c1ccccc1C.CCC(C)C. The first kappa shape index (κ1) is 28.4. The lowest BCUT2D eigenvalue weighted by Crippen LogP contribution is -2.46.